The lowest BCUT2D eigenvalue weighted by Crippen LogP contribution is -2.29. The van der Waals surface area contributed by atoms with E-state index in [0.717, 1.165) is 16.9 Å². The summed E-state index contributed by atoms with van der Waals surface area (Å²) in [5, 5.41) is 7.14. The first-order valence-corrected chi connectivity index (χ1v) is 7.77. The molecule has 0 saturated heterocycles. The van der Waals surface area contributed by atoms with Crippen LogP contribution in [0.15, 0.2) is 43.1 Å². The maximum atomic E-state index is 12.4. The predicted octanol–water partition coefficient (Wildman–Crippen LogP) is 2.80. The second kappa shape index (κ2) is 7.59. The third-order valence-corrected chi connectivity index (χ3v) is 3.63. The van der Waals surface area contributed by atoms with Crippen molar-refractivity contribution in [1.82, 2.24) is 9.78 Å². The largest absolute Gasteiger partial charge is 0.326 e. The first-order valence-electron chi connectivity index (χ1n) is 7.77. The molecule has 0 spiro atoms. The first-order chi connectivity index (χ1) is 11.4. The lowest BCUT2D eigenvalue weighted by atomic mass is 10.1. The van der Waals surface area contributed by atoms with Crippen molar-refractivity contribution in [3.63, 3.8) is 0 Å². The zero-order valence-electron chi connectivity index (χ0n) is 14.2. The van der Waals surface area contributed by atoms with E-state index in [4.69, 9.17) is 0 Å². The van der Waals surface area contributed by atoms with Crippen LogP contribution in [0.3, 0.4) is 0 Å². The second-order valence-corrected chi connectivity index (χ2v) is 5.51. The molecule has 2 rings (SSSR count). The molecule has 2 aromatic rings. The molecule has 126 valence electrons. The van der Waals surface area contributed by atoms with Crippen LogP contribution in [0.2, 0.25) is 0 Å². The van der Waals surface area contributed by atoms with Gasteiger partial charge < -0.3 is 10.2 Å². The Bertz CT molecular complexity index is 764. The van der Waals surface area contributed by atoms with Crippen molar-refractivity contribution >= 4 is 23.2 Å². The minimum atomic E-state index is -0.220. The highest BCUT2D eigenvalue weighted by Gasteiger charge is 2.17. The van der Waals surface area contributed by atoms with E-state index in [0.29, 0.717) is 18.7 Å². The van der Waals surface area contributed by atoms with Gasteiger partial charge in [0.1, 0.15) is 0 Å². The van der Waals surface area contributed by atoms with Crippen molar-refractivity contribution < 1.29 is 9.59 Å². The molecule has 0 aliphatic carbocycles. The number of aromatic nitrogens is 2. The molecular weight excluding hydrogens is 304 g/mol. The summed E-state index contributed by atoms with van der Waals surface area (Å²) in [5.74, 6) is -0.293. The zero-order valence-corrected chi connectivity index (χ0v) is 14.2. The van der Waals surface area contributed by atoms with Gasteiger partial charge in [-0.3, -0.25) is 14.3 Å². The molecule has 0 saturated carbocycles. The summed E-state index contributed by atoms with van der Waals surface area (Å²) < 4.78 is 1.69. The monoisotopic (exact) mass is 326 g/mol. The highest BCUT2D eigenvalue weighted by molar-refractivity contribution is 6.02. The van der Waals surface area contributed by atoms with Gasteiger partial charge in [0.15, 0.2) is 0 Å². The summed E-state index contributed by atoms with van der Waals surface area (Å²) in [5.41, 5.74) is 3.08. The van der Waals surface area contributed by atoms with Crippen molar-refractivity contribution in [2.45, 2.75) is 26.8 Å². The average Bonchev–Trinajstić information content (AvgIpc) is 2.99. The van der Waals surface area contributed by atoms with Gasteiger partial charge in [-0.05, 0) is 36.8 Å². The minimum absolute atomic E-state index is 0.0730. The van der Waals surface area contributed by atoms with E-state index < -0.39 is 0 Å². The first kappa shape index (κ1) is 17.5. The topological polar surface area (TPSA) is 67.2 Å². The fraction of sp³-hybridized carbons (Fsp3) is 0.278. The number of hydrogen-bond donors (Lipinski definition) is 1. The van der Waals surface area contributed by atoms with Crippen LogP contribution in [-0.2, 0) is 23.2 Å². The van der Waals surface area contributed by atoms with Crippen LogP contribution >= 0.6 is 0 Å². The van der Waals surface area contributed by atoms with E-state index >= 15 is 0 Å². The Morgan fingerprint density at radius 1 is 1.38 bits per heavy atom. The van der Waals surface area contributed by atoms with Crippen molar-refractivity contribution in [3.8, 4) is 0 Å². The SMILES string of the molecule is C=CC(=O)N(Cc1ccn(C)n1)c1cc(NC(=O)CC)ccc1C. The summed E-state index contributed by atoms with van der Waals surface area (Å²) in [4.78, 5) is 25.6. The summed E-state index contributed by atoms with van der Waals surface area (Å²) in [6.45, 7) is 7.62. The number of carbonyl (C=O) groups excluding carboxylic acids is 2. The van der Waals surface area contributed by atoms with Gasteiger partial charge in [-0.15, -0.1) is 0 Å². The van der Waals surface area contributed by atoms with Crippen LogP contribution in [0.5, 0.6) is 0 Å². The molecular formula is C18H22N4O2. The lowest BCUT2D eigenvalue weighted by molar-refractivity contribution is -0.116. The molecule has 2 amide bonds. The number of rotatable bonds is 6. The molecule has 1 N–H and O–H groups in total. The number of benzene rings is 1. The molecule has 24 heavy (non-hydrogen) atoms. The Hall–Kier alpha value is -2.89. The number of hydrogen-bond acceptors (Lipinski definition) is 3. The Morgan fingerprint density at radius 3 is 2.71 bits per heavy atom. The van der Waals surface area contributed by atoms with E-state index in [1.54, 1.807) is 22.6 Å². The molecule has 0 aliphatic rings. The average molecular weight is 326 g/mol. The van der Waals surface area contributed by atoms with Crippen LogP contribution in [0.1, 0.15) is 24.6 Å². The van der Waals surface area contributed by atoms with E-state index in [1.807, 2.05) is 38.4 Å². The number of nitrogens with zero attached hydrogens (tertiary/aromatic N) is 3. The van der Waals surface area contributed by atoms with Gasteiger partial charge in [0, 0.05) is 31.0 Å². The van der Waals surface area contributed by atoms with E-state index in [2.05, 4.69) is 17.0 Å². The van der Waals surface area contributed by atoms with Crippen LogP contribution in [0.25, 0.3) is 0 Å². The Morgan fingerprint density at radius 2 is 2.12 bits per heavy atom. The van der Waals surface area contributed by atoms with Crippen LogP contribution in [0, 0.1) is 6.92 Å². The predicted molar refractivity (Wildman–Crippen MR) is 94.7 cm³/mol. The molecule has 0 aliphatic heterocycles. The lowest BCUT2D eigenvalue weighted by Gasteiger charge is -2.23. The van der Waals surface area contributed by atoms with Gasteiger partial charge in [-0.2, -0.15) is 5.10 Å². The molecule has 0 fully saturated rings. The molecule has 1 aromatic heterocycles. The fourth-order valence-corrected chi connectivity index (χ4v) is 2.33. The van der Waals surface area contributed by atoms with Crippen LogP contribution < -0.4 is 10.2 Å². The second-order valence-electron chi connectivity index (χ2n) is 5.51. The van der Waals surface area contributed by atoms with Crippen LogP contribution in [0.4, 0.5) is 11.4 Å². The number of anilines is 2. The third-order valence-electron chi connectivity index (χ3n) is 3.63. The standard InChI is InChI=1S/C18H22N4O2/c1-5-17(23)19-14-8-7-13(3)16(11-14)22(18(24)6-2)12-15-9-10-21(4)20-15/h6-11H,2,5,12H2,1,3-4H3,(H,19,23). The molecule has 1 heterocycles. The molecule has 1 aromatic carbocycles. The fourth-order valence-electron chi connectivity index (χ4n) is 2.33. The van der Waals surface area contributed by atoms with Crippen molar-refractivity contribution in [3.05, 3.63) is 54.4 Å². The summed E-state index contributed by atoms with van der Waals surface area (Å²) >= 11 is 0. The highest BCUT2D eigenvalue weighted by atomic mass is 16.2. The van der Waals surface area contributed by atoms with Crippen molar-refractivity contribution in [2.24, 2.45) is 7.05 Å². The van der Waals surface area contributed by atoms with Gasteiger partial charge in [0.25, 0.3) is 5.91 Å². The van der Waals surface area contributed by atoms with Crippen LogP contribution in [-0.4, -0.2) is 21.6 Å². The third kappa shape index (κ3) is 4.10. The quantitative estimate of drug-likeness (QED) is 0.830. The smallest absolute Gasteiger partial charge is 0.250 e. The zero-order chi connectivity index (χ0) is 17.7. The Labute approximate surface area is 141 Å². The van der Waals surface area contributed by atoms with Gasteiger partial charge in [0.2, 0.25) is 5.91 Å². The van der Waals surface area contributed by atoms with Crippen molar-refractivity contribution in [1.29, 1.82) is 0 Å². The molecule has 6 nitrogen and oxygen atoms in total. The van der Waals surface area contributed by atoms with Gasteiger partial charge in [-0.1, -0.05) is 19.6 Å². The summed E-state index contributed by atoms with van der Waals surface area (Å²) in [6.07, 6.45) is 3.50. The van der Waals surface area contributed by atoms with E-state index in [-0.39, 0.29) is 11.8 Å². The number of amides is 2. The molecule has 0 atom stereocenters. The Kier molecular flexibility index (Phi) is 5.52. The molecule has 0 radical (unpaired) electrons. The van der Waals surface area contributed by atoms with Crippen molar-refractivity contribution in [2.75, 3.05) is 10.2 Å². The molecule has 0 bridgehead atoms. The van der Waals surface area contributed by atoms with E-state index in [9.17, 15) is 9.59 Å². The number of aryl methyl sites for hydroxylation is 2. The van der Waals surface area contributed by atoms with Gasteiger partial charge >= 0.3 is 0 Å². The minimum Gasteiger partial charge on any atom is -0.326 e. The molecule has 0 unspecified atom stereocenters. The van der Waals surface area contributed by atoms with Gasteiger partial charge in [0.05, 0.1) is 12.2 Å². The van der Waals surface area contributed by atoms with E-state index in [1.165, 1.54) is 6.08 Å². The Balaban J connectivity index is 2.37. The number of carbonyl (C=O) groups is 2. The molecule has 6 heteroatoms. The maximum absolute atomic E-state index is 12.4. The maximum Gasteiger partial charge on any atom is 0.250 e. The highest BCUT2D eigenvalue weighted by Crippen LogP contribution is 2.26. The number of nitrogens with one attached hydrogen (secondary N) is 1. The normalized spacial score (nSPS) is 10.3. The summed E-state index contributed by atoms with van der Waals surface area (Å²) in [7, 11) is 1.83. The summed E-state index contributed by atoms with van der Waals surface area (Å²) in [6, 6.07) is 7.36. The van der Waals surface area contributed by atoms with Gasteiger partial charge in [-0.25, -0.2) is 0 Å².